The minimum atomic E-state index is -0.924. The van der Waals surface area contributed by atoms with Crippen LogP contribution in [0, 0.1) is 5.92 Å². The third kappa shape index (κ3) is 2.46. The van der Waals surface area contributed by atoms with Crippen LogP contribution in [-0.4, -0.2) is 22.3 Å². The smallest absolute Gasteiger partial charge is 0.309 e. The number of carboxylic acid groups (broad SMARTS) is 1. The third-order valence-electron chi connectivity index (χ3n) is 1.34. The normalized spacial score (nSPS) is 16.8. The van der Waals surface area contributed by atoms with Gasteiger partial charge in [0.2, 0.25) is 0 Å². The van der Waals surface area contributed by atoms with Crippen molar-refractivity contribution in [3.63, 3.8) is 0 Å². The fraction of sp³-hybridized carbons (Fsp3) is 0.833. The summed E-state index contributed by atoms with van der Waals surface area (Å²) in [5.41, 5.74) is 0. The molecule has 0 saturated heterocycles. The topological polar surface area (TPSA) is 57.5 Å². The van der Waals surface area contributed by atoms with Gasteiger partial charge >= 0.3 is 5.97 Å². The van der Waals surface area contributed by atoms with E-state index in [1.165, 1.54) is 6.92 Å². The second-order valence-corrected chi connectivity index (χ2v) is 2.09. The first-order valence-electron chi connectivity index (χ1n) is 3.00. The standard InChI is InChI=1S/C6H12O3/c1-3-5(4(2)7)6(8)9/h4-5,7H,3H2,1-2H3,(H,8,9)/t4-,5-/m0/s1. The zero-order valence-electron chi connectivity index (χ0n) is 5.66. The number of aliphatic carboxylic acids is 1. The lowest BCUT2D eigenvalue weighted by Gasteiger charge is -2.11. The van der Waals surface area contributed by atoms with Crippen molar-refractivity contribution in [2.75, 3.05) is 0 Å². The Labute approximate surface area is 54.3 Å². The fourth-order valence-corrected chi connectivity index (χ4v) is 0.722. The van der Waals surface area contributed by atoms with Gasteiger partial charge in [-0.25, -0.2) is 0 Å². The molecule has 0 unspecified atom stereocenters. The first kappa shape index (κ1) is 8.43. The SMILES string of the molecule is CC[C@H](C(=O)O)[C@H](C)O. The van der Waals surface area contributed by atoms with Gasteiger partial charge in [0.25, 0.3) is 0 Å². The molecular formula is C6H12O3. The van der Waals surface area contributed by atoms with E-state index in [1.54, 1.807) is 6.92 Å². The van der Waals surface area contributed by atoms with E-state index in [0.717, 1.165) is 0 Å². The number of hydrogen-bond acceptors (Lipinski definition) is 2. The van der Waals surface area contributed by atoms with E-state index in [9.17, 15) is 4.79 Å². The monoisotopic (exact) mass is 132 g/mol. The Bertz CT molecular complexity index is 98.5. The molecule has 9 heavy (non-hydrogen) atoms. The molecule has 0 aromatic rings. The molecule has 3 nitrogen and oxygen atoms in total. The van der Waals surface area contributed by atoms with Crippen LogP contribution in [0.1, 0.15) is 20.3 Å². The molecule has 0 spiro atoms. The predicted octanol–water partition coefficient (Wildman–Crippen LogP) is 0.478. The lowest BCUT2D eigenvalue weighted by atomic mass is 10.0. The number of aliphatic hydroxyl groups is 1. The summed E-state index contributed by atoms with van der Waals surface area (Å²) in [6.45, 7) is 3.23. The molecule has 0 aliphatic heterocycles. The lowest BCUT2D eigenvalue weighted by Crippen LogP contribution is -2.24. The van der Waals surface area contributed by atoms with Crippen LogP contribution in [0.2, 0.25) is 0 Å². The van der Waals surface area contributed by atoms with Crippen molar-refractivity contribution in [3.8, 4) is 0 Å². The van der Waals surface area contributed by atoms with E-state index in [4.69, 9.17) is 10.2 Å². The first-order chi connectivity index (χ1) is 4.09. The van der Waals surface area contributed by atoms with Gasteiger partial charge < -0.3 is 10.2 Å². The minimum absolute atomic E-state index is 0.479. The molecule has 0 radical (unpaired) electrons. The summed E-state index contributed by atoms with van der Waals surface area (Å²) in [4.78, 5) is 10.2. The molecule has 0 rings (SSSR count). The highest BCUT2D eigenvalue weighted by Crippen LogP contribution is 2.07. The molecule has 54 valence electrons. The lowest BCUT2D eigenvalue weighted by molar-refractivity contribution is -0.145. The Morgan fingerprint density at radius 3 is 2.11 bits per heavy atom. The van der Waals surface area contributed by atoms with E-state index in [2.05, 4.69) is 0 Å². The highest BCUT2D eigenvalue weighted by atomic mass is 16.4. The van der Waals surface area contributed by atoms with Gasteiger partial charge in [-0.2, -0.15) is 0 Å². The van der Waals surface area contributed by atoms with Gasteiger partial charge in [0, 0.05) is 0 Å². The number of rotatable bonds is 3. The second kappa shape index (κ2) is 3.45. The van der Waals surface area contributed by atoms with Gasteiger partial charge in [0.05, 0.1) is 12.0 Å². The Morgan fingerprint density at radius 1 is 1.67 bits per heavy atom. The van der Waals surface area contributed by atoms with Crippen LogP contribution in [-0.2, 0) is 4.79 Å². The molecular weight excluding hydrogens is 120 g/mol. The van der Waals surface area contributed by atoms with E-state index in [-0.39, 0.29) is 0 Å². The van der Waals surface area contributed by atoms with E-state index < -0.39 is 18.0 Å². The highest BCUT2D eigenvalue weighted by molar-refractivity contribution is 5.70. The maximum Gasteiger partial charge on any atom is 0.309 e. The van der Waals surface area contributed by atoms with Crippen molar-refractivity contribution in [2.45, 2.75) is 26.4 Å². The van der Waals surface area contributed by atoms with E-state index >= 15 is 0 Å². The molecule has 0 aliphatic rings. The Morgan fingerprint density at radius 2 is 2.11 bits per heavy atom. The van der Waals surface area contributed by atoms with E-state index in [0.29, 0.717) is 6.42 Å². The first-order valence-corrected chi connectivity index (χ1v) is 3.00. The predicted molar refractivity (Wildman–Crippen MR) is 33.1 cm³/mol. The average Bonchev–Trinajstić information content (AvgIpc) is 1.64. The van der Waals surface area contributed by atoms with Gasteiger partial charge in [-0.1, -0.05) is 6.92 Å². The Hall–Kier alpha value is -0.570. The molecule has 0 aromatic carbocycles. The van der Waals surface area contributed by atoms with Gasteiger partial charge in [-0.3, -0.25) is 4.79 Å². The van der Waals surface area contributed by atoms with Crippen LogP contribution in [0.4, 0.5) is 0 Å². The maximum absolute atomic E-state index is 10.2. The number of carbonyl (C=O) groups is 1. The zero-order chi connectivity index (χ0) is 7.44. The molecule has 0 saturated carbocycles. The summed E-state index contributed by atoms with van der Waals surface area (Å²) in [5.74, 6) is -1.53. The average molecular weight is 132 g/mol. The number of carboxylic acids is 1. The number of aliphatic hydroxyl groups excluding tert-OH is 1. The summed E-state index contributed by atoms with van der Waals surface area (Å²) in [6.07, 6.45) is -0.264. The van der Waals surface area contributed by atoms with Crippen LogP contribution < -0.4 is 0 Å². The maximum atomic E-state index is 10.2. The zero-order valence-corrected chi connectivity index (χ0v) is 5.66. The number of hydrogen-bond donors (Lipinski definition) is 2. The van der Waals surface area contributed by atoms with Crippen molar-refractivity contribution in [1.82, 2.24) is 0 Å². The van der Waals surface area contributed by atoms with Crippen LogP contribution in [0.15, 0.2) is 0 Å². The fourth-order valence-electron chi connectivity index (χ4n) is 0.722. The second-order valence-electron chi connectivity index (χ2n) is 2.09. The van der Waals surface area contributed by atoms with Crippen LogP contribution in [0.5, 0.6) is 0 Å². The molecule has 0 bridgehead atoms. The molecule has 0 amide bonds. The summed E-state index contributed by atoms with van der Waals surface area (Å²) in [6, 6.07) is 0. The van der Waals surface area contributed by atoms with Gasteiger partial charge in [0.1, 0.15) is 0 Å². The highest BCUT2D eigenvalue weighted by Gasteiger charge is 2.19. The molecule has 2 N–H and O–H groups in total. The van der Waals surface area contributed by atoms with Gasteiger partial charge in [0.15, 0.2) is 0 Å². The molecule has 0 aliphatic carbocycles. The van der Waals surface area contributed by atoms with Crippen molar-refractivity contribution in [3.05, 3.63) is 0 Å². The molecule has 2 atom stereocenters. The van der Waals surface area contributed by atoms with Gasteiger partial charge in [-0.15, -0.1) is 0 Å². The third-order valence-corrected chi connectivity index (χ3v) is 1.34. The quantitative estimate of drug-likeness (QED) is 0.587. The van der Waals surface area contributed by atoms with Crippen molar-refractivity contribution < 1.29 is 15.0 Å². The van der Waals surface area contributed by atoms with Crippen LogP contribution >= 0.6 is 0 Å². The summed E-state index contributed by atoms with van der Waals surface area (Å²) in [7, 11) is 0. The summed E-state index contributed by atoms with van der Waals surface area (Å²) in [5, 5.41) is 17.2. The Balaban J connectivity index is 3.83. The largest absolute Gasteiger partial charge is 0.481 e. The van der Waals surface area contributed by atoms with Crippen molar-refractivity contribution in [2.24, 2.45) is 5.92 Å². The summed E-state index contributed by atoms with van der Waals surface area (Å²) < 4.78 is 0. The van der Waals surface area contributed by atoms with Crippen LogP contribution in [0.25, 0.3) is 0 Å². The van der Waals surface area contributed by atoms with E-state index in [1.807, 2.05) is 0 Å². The molecule has 0 heterocycles. The minimum Gasteiger partial charge on any atom is -0.481 e. The van der Waals surface area contributed by atoms with Crippen molar-refractivity contribution in [1.29, 1.82) is 0 Å². The molecule has 0 fully saturated rings. The molecule has 3 heteroatoms. The summed E-state index contributed by atoms with van der Waals surface area (Å²) >= 11 is 0. The van der Waals surface area contributed by atoms with Crippen LogP contribution in [0.3, 0.4) is 0 Å². The Kier molecular flexibility index (Phi) is 3.24. The molecule has 0 aromatic heterocycles. The van der Waals surface area contributed by atoms with Gasteiger partial charge in [-0.05, 0) is 13.3 Å². The van der Waals surface area contributed by atoms with Crippen molar-refractivity contribution >= 4 is 5.97 Å².